The highest BCUT2D eigenvalue weighted by atomic mass is 32.2. The first kappa shape index (κ1) is 12.5. The fraction of sp³-hybridized carbons (Fsp3) is 0.125. The van der Waals surface area contributed by atoms with Gasteiger partial charge in [-0.1, -0.05) is 30.0 Å². The molecule has 2 aromatic carbocycles. The summed E-state index contributed by atoms with van der Waals surface area (Å²) in [5.41, 5.74) is 5.70. The van der Waals surface area contributed by atoms with Crippen LogP contribution in [0.3, 0.4) is 0 Å². The van der Waals surface area contributed by atoms with Gasteiger partial charge in [0.05, 0.1) is 22.7 Å². The Labute approximate surface area is 126 Å². The van der Waals surface area contributed by atoms with Gasteiger partial charge in [-0.05, 0) is 36.2 Å². The fourth-order valence-electron chi connectivity index (χ4n) is 2.39. The molecule has 0 radical (unpaired) electrons. The molecule has 0 fully saturated rings. The zero-order chi connectivity index (χ0) is 14.2. The van der Waals surface area contributed by atoms with E-state index in [4.69, 9.17) is 0 Å². The molecule has 0 atom stereocenters. The second-order valence-electron chi connectivity index (χ2n) is 5.14. The van der Waals surface area contributed by atoms with Crippen molar-refractivity contribution >= 4 is 33.7 Å². The van der Waals surface area contributed by atoms with Crippen molar-refractivity contribution in [2.75, 3.05) is 0 Å². The molecule has 0 saturated carbocycles. The summed E-state index contributed by atoms with van der Waals surface area (Å²) >= 11 is 1.72. The third-order valence-corrected chi connectivity index (χ3v) is 4.44. The van der Waals surface area contributed by atoms with E-state index >= 15 is 0 Å². The molecule has 0 unspecified atom stereocenters. The minimum atomic E-state index is 0.883. The van der Waals surface area contributed by atoms with E-state index in [1.54, 1.807) is 11.8 Å². The molecule has 2 aromatic heterocycles. The molecular formula is C16H14N4S. The van der Waals surface area contributed by atoms with Gasteiger partial charge < -0.3 is 4.98 Å². The summed E-state index contributed by atoms with van der Waals surface area (Å²) in [5, 5.41) is 9.15. The zero-order valence-corrected chi connectivity index (χ0v) is 12.4. The summed E-state index contributed by atoms with van der Waals surface area (Å²) in [6.45, 7) is 2.09. The lowest BCUT2D eigenvalue weighted by Crippen LogP contribution is -1.82. The Balaban J connectivity index is 1.56. The standard InChI is InChI=1S/C16H14N4S/c1-10-2-5-13-15(6-10)19-16(18-13)21-9-11-3-4-12-8-17-20-14(12)7-11/h2-8H,9H2,1H3,(H,17,20)(H,18,19). The topological polar surface area (TPSA) is 57.4 Å². The van der Waals surface area contributed by atoms with Gasteiger partial charge in [-0.15, -0.1) is 0 Å². The Kier molecular flexibility index (Phi) is 2.93. The molecule has 2 N–H and O–H groups in total. The van der Waals surface area contributed by atoms with Gasteiger partial charge in [0.25, 0.3) is 0 Å². The third kappa shape index (κ3) is 2.40. The van der Waals surface area contributed by atoms with E-state index in [1.807, 2.05) is 6.20 Å². The van der Waals surface area contributed by atoms with Crippen LogP contribution in [-0.2, 0) is 5.75 Å². The Bertz CT molecular complexity index is 922. The highest BCUT2D eigenvalue weighted by Gasteiger charge is 2.05. The van der Waals surface area contributed by atoms with Gasteiger partial charge in [-0.2, -0.15) is 5.10 Å². The average Bonchev–Trinajstić information content (AvgIpc) is 3.09. The Hall–Kier alpha value is -2.27. The number of hydrogen-bond donors (Lipinski definition) is 2. The SMILES string of the molecule is Cc1ccc2nc(SCc3ccc4cn[nH]c4c3)[nH]c2c1. The number of fused-ring (bicyclic) bond motifs is 2. The van der Waals surface area contributed by atoms with Crippen molar-refractivity contribution in [1.82, 2.24) is 20.2 Å². The van der Waals surface area contributed by atoms with Crippen LogP contribution in [0.15, 0.2) is 47.8 Å². The normalized spacial score (nSPS) is 11.5. The molecule has 104 valence electrons. The summed E-state index contributed by atoms with van der Waals surface area (Å²) in [6.07, 6.45) is 1.84. The third-order valence-electron chi connectivity index (χ3n) is 3.50. The smallest absolute Gasteiger partial charge is 0.166 e. The second-order valence-corrected chi connectivity index (χ2v) is 6.11. The van der Waals surface area contributed by atoms with E-state index in [-0.39, 0.29) is 0 Å². The van der Waals surface area contributed by atoms with Gasteiger partial charge >= 0.3 is 0 Å². The molecule has 0 amide bonds. The van der Waals surface area contributed by atoms with Crippen LogP contribution >= 0.6 is 11.8 Å². The predicted molar refractivity (Wildman–Crippen MR) is 86.5 cm³/mol. The number of thioether (sulfide) groups is 1. The van der Waals surface area contributed by atoms with Crippen molar-refractivity contribution in [1.29, 1.82) is 0 Å². The first-order valence-corrected chi connectivity index (χ1v) is 7.78. The number of nitrogens with one attached hydrogen (secondary N) is 2. The number of imidazole rings is 1. The van der Waals surface area contributed by atoms with Crippen LogP contribution in [0.4, 0.5) is 0 Å². The molecule has 0 aliphatic rings. The quantitative estimate of drug-likeness (QED) is 0.561. The summed E-state index contributed by atoms with van der Waals surface area (Å²) in [7, 11) is 0. The number of benzene rings is 2. The molecule has 4 nitrogen and oxygen atoms in total. The molecule has 21 heavy (non-hydrogen) atoms. The van der Waals surface area contributed by atoms with E-state index < -0.39 is 0 Å². The molecule has 4 rings (SSSR count). The van der Waals surface area contributed by atoms with Crippen molar-refractivity contribution in [2.45, 2.75) is 17.8 Å². The van der Waals surface area contributed by atoms with E-state index in [0.29, 0.717) is 0 Å². The number of rotatable bonds is 3. The minimum absolute atomic E-state index is 0.883. The molecule has 0 saturated heterocycles. The molecule has 0 bridgehead atoms. The fourth-order valence-corrected chi connectivity index (χ4v) is 3.22. The van der Waals surface area contributed by atoms with Crippen molar-refractivity contribution in [3.63, 3.8) is 0 Å². The van der Waals surface area contributed by atoms with Crippen LogP contribution in [0.1, 0.15) is 11.1 Å². The van der Waals surface area contributed by atoms with Crippen LogP contribution in [0.2, 0.25) is 0 Å². The first-order chi connectivity index (χ1) is 10.3. The average molecular weight is 294 g/mol. The number of aromatic nitrogens is 4. The molecular weight excluding hydrogens is 280 g/mol. The van der Waals surface area contributed by atoms with Crippen molar-refractivity contribution in [3.05, 3.63) is 53.7 Å². The maximum Gasteiger partial charge on any atom is 0.166 e. The van der Waals surface area contributed by atoms with E-state index in [9.17, 15) is 0 Å². The lowest BCUT2D eigenvalue weighted by molar-refractivity contribution is 1.08. The Morgan fingerprint density at radius 1 is 1.10 bits per heavy atom. The monoisotopic (exact) mass is 294 g/mol. The minimum Gasteiger partial charge on any atom is -0.333 e. The molecule has 0 aliphatic carbocycles. The van der Waals surface area contributed by atoms with Crippen LogP contribution < -0.4 is 0 Å². The maximum atomic E-state index is 4.61. The van der Waals surface area contributed by atoms with Gasteiger partial charge in [0.1, 0.15) is 0 Å². The van der Waals surface area contributed by atoms with Crippen molar-refractivity contribution in [2.24, 2.45) is 0 Å². The molecule has 5 heteroatoms. The second kappa shape index (κ2) is 4.93. The Morgan fingerprint density at radius 2 is 2.05 bits per heavy atom. The number of aromatic amines is 2. The van der Waals surface area contributed by atoms with Crippen molar-refractivity contribution < 1.29 is 0 Å². The van der Waals surface area contributed by atoms with Gasteiger partial charge in [0.15, 0.2) is 5.16 Å². The Morgan fingerprint density at radius 3 is 3.00 bits per heavy atom. The van der Waals surface area contributed by atoms with E-state index in [0.717, 1.165) is 32.8 Å². The number of aryl methyl sites for hydroxylation is 1. The van der Waals surface area contributed by atoms with E-state index in [2.05, 4.69) is 63.5 Å². The number of hydrogen-bond acceptors (Lipinski definition) is 3. The zero-order valence-electron chi connectivity index (χ0n) is 11.6. The van der Waals surface area contributed by atoms with Crippen molar-refractivity contribution in [3.8, 4) is 0 Å². The highest BCUT2D eigenvalue weighted by Crippen LogP contribution is 2.24. The predicted octanol–water partition coefficient (Wildman–Crippen LogP) is 4.04. The van der Waals surface area contributed by atoms with Crippen LogP contribution in [0.25, 0.3) is 21.9 Å². The largest absolute Gasteiger partial charge is 0.333 e. The molecule has 2 heterocycles. The lowest BCUT2D eigenvalue weighted by Gasteiger charge is -1.99. The molecule has 4 aromatic rings. The molecule has 0 aliphatic heterocycles. The summed E-state index contributed by atoms with van der Waals surface area (Å²) in [6, 6.07) is 12.6. The van der Waals surface area contributed by atoms with E-state index in [1.165, 1.54) is 11.1 Å². The first-order valence-electron chi connectivity index (χ1n) is 6.79. The van der Waals surface area contributed by atoms with Gasteiger partial charge in [-0.3, -0.25) is 5.10 Å². The summed E-state index contributed by atoms with van der Waals surface area (Å²) < 4.78 is 0. The summed E-state index contributed by atoms with van der Waals surface area (Å²) in [5.74, 6) is 0.883. The van der Waals surface area contributed by atoms with Crippen LogP contribution in [-0.4, -0.2) is 20.2 Å². The summed E-state index contributed by atoms with van der Waals surface area (Å²) in [4.78, 5) is 7.98. The van der Waals surface area contributed by atoms with Gasteiger partial charge in [0, 0.05) is 11.1 Å². The number of nitrogens with zero attached hydrogens (tertiary/aromatic N) is 2. The number of H-pyrrole nitrogens is 2. The van der Waals surface area contributed by atoms with Gasteiger partial charge in [-0.25, -0.2) is 4.98 Å². The van der Waals surface area contributed by atoms with Crippen LogP contribution in [0, 0.1) is 6.92 Å². The molecule has 0 spiro atoms. The maximum absolute atomic E-state index is 4.61. The highest BCUT2D eigenvalue weighted by molar-refractivity contribution is 7.98. The lowest BCUT2D eigenvalue weighted by atomic mass is 10.2. The van der Waals surface area contributed by atoms with Crippen LogP contribution in [0.5, 0.6) is 0 Å². The van der Waals surface area contributed by atoms with Gasteiger partial charge in [0.2, 0.25) is 0 Å².